The third-order valence-electron chi connectivity index (χ3n) is 5.91. The standard InChI is InChI=1S/C22H29N3O5S/c1-4-22(3)11-16-14(13-30-22)10-15-18(19(21(27)29-5-2)31-20(15)23-16)24-17(26)12-25-6-8-28-9-7-25/h10H,4-9,11-13H2,1-3H3,(H,24,26). The van der Waals surface area contributed by atoms with Gasteiger partial charge in [0.15, 0.2) is 0 Å². The van der Waals surface area contributed by atoms with Crippen LogP contribution in [0.1, 0.15) is 48.1 Å². The maximum atomic E-state index is 12.8. The molecule has 2 aliphatic rings. The molecule has 0 radical (unpaired) electrons. The van der Waals surface area contributed by atoms with E-state index in [0.29, 0.717) is 43.5 Å². The SMILES string of the molecule is CCOC(=O)c1sc2nc3c(cc2c1NC(=O)CN1CCOCC1)COC(C)(CC)C3. The van der Waals surface area contributed by atoms with Gasteiger partial charge in [0.2, 0.25) is 5.91 Å². The lowest BCUT2D eigenvalue weighted by atomic mass is 9.91. The second kappa shape index (κ2) is 9.20. The van der Waals surface area contributed by atoms with Gasteiger partial charge in [0.25, 0.3) is 0 Å². The number of pyridine rings is 1. The molecular formula is C22H29N3O5S. The van der Waals surface area contributed by atoms with Crippen LogP contribution in [0.2, 0.25) is 0 Å². The number of nitrogens with zero attached hydrogens (tertiary/aromatic N) is 2. The van der Waals surface area contributed by atoms with Crippen molar-refractivity contribution in [2.75, 3.05) is 44.8 Å². The largest absolute Gasteiger partial charge is 0.462 e. The summed E-state index contributed by atoms with van der Waals surface area (Å²) in [6.45, 7) is 9.62. The van der Waals surface area contributed by atoms with Crippen LogP contribution < -0.4 is 5.32 Å². The highest BCUT2D eigenvalue weighted by molar-refractivity contribution is 7.21. The van der Waals surface area contributed by atoms with E-state index in [1.807, 2.05) is 11.0 Å². The Kier molecular flexibility index (Phi) is 6.57. The molecule has 1 N–H and O–H groups in total. The number of fused-ring (bicyclic) bond motifs is 2. The Bertz CT molecular complexity index is 985. The molecule has 9 heteroatoms. The number of hydrogen-bond donors (Lipinski definition) is 1. The Labute approximate surface area is 185 Å². The minimum absolute atomic E-state index is 0.167. The zero-order valence-electron chi connectivity index (χ0n) is 18.3. The molecule has 1 saturated heterocycles. The molecule has 1 fully saturated rings. The van der Waals surface area contributed by atoms with Gasteiger partial charge < -0.3 is 19.5 Å². The molecule has 2 aliphatic heterocycles. The molecule has 0 aliphatic carbocycles. The summed E-state index contributed by atoms with van der Waals surface area (Å²) in [6, 6.07) is 2.00. The summed E-state index contributed by atoms with van der Waals surface area (Å²) in [6.07, 6.45) is 1.62. The minimum atomic E-state index is -0.445. The molecule has 0 spiro atoms. The molecule has 2 aromatic heterocycles. The fourth-order valence-electron chi connectivity index (χ4n) is 3.87. The lowest BCUT2D eigenvalue weighted by Crippen LogP contribution is -2.41. The van der Waals surface area contributed by atoms with Gasteiger partial charge in [0.05, 0.1) is 50.0 Å². The normalized spacial score (nSPS) is 21.6. The number of ether oxygens (including phenoxy) is 3. The van der Waals surface area contributed by atoms with Crippen LogP contribution in [0.25, 0.3) is 10.2 Å². The van der Waals surface area contributed by atoms with Crippen molar-refractivity contribution in [3.63, 3.8) is 0 Å². The summed E-state index contributed by atoms with van der Waals surface area (Å²) >= 11 is 1.27. The molecule has 0 saturated carbocycles. The van der Waals surface area contributed by atoms with Crippen LogP contribution in [0.3, 0.4) is 0 Å². The number of morpholine rings is 1. The average molecular weight is 448 g/mol. The Morgan fingerprint density at radius 1 is 1.32 bits per heavy atom. The Morgan fingerprint density at radius 2 is 2.10 bits per heavy atom. The molecule has 0 bridgehead atoms. The fourth-order valence-corrected chi connectivity index (χ4v) is 4.89. The van der Waals surface area contributed by atoms with Gasteiger partial charge in [0.1, 0.15) is 9.71 Å². The average Bonchev–Trinajstić information content (AvgIpc) is 3.10. The number of esters is 1. The monoisotopic (exact) mass is 447 g/mol. The van der Waals surface area contributed by atoms with Gasteiger partial charge in [0, 0.05) is 30.5 Å². The summed E-state index contributed by atoms with van der Waals surface area (Å²) in [5.41, 5.74) is 2.24. The lowest BCUT2D eigenvalue weighted by molar-refractivity contribution is -0.118. The maximum Gasteiger partial charge on any atom is 0.350 e. The molecular weight excluding hydrogens is 418 g/mol. The molecule has 31 heavy (non-hydrogen) atoms. The summed E-state index contributed by atoms with van der Waals surface area (Å²) in [5, 5.41) is 3.72. The quantitative estimate of drug-likeness (QED) is 0.681. The second-order valence-corrected chi connectivity index (χ2v) is 9.18. The Balaban J connectivity index is 1.67. The molecule has 1 amide bonds. The van der Waals surface area contributed by atoms with E-state index in [-0.39, 0.29) is 24.7 Å². The Hall–Kier alpha value is -2.07. The van der Waals surface area contributed by atoms with Crippen LogP contribution in [-0.4, -0.2) is 66.8 Å². The number of amides is 1. The Morgan fingerprint density at radius 3 is 2.81 bits per heavy atom. The first-order chi connectivity index (χ1) is 14.9. The topological polar surface area (TPSA) is 90.0 Å². The molecule has 2 aromatic rings. The molecule has 4 rings (SSSR count). The van der Waals surface area contributed by atoms with Gasteiger partial charge in [-0.25, -0.2) is 9.78 Å². The van der Waals surface area contributed by atoms with Crippen LogP contribution in [-0.2, 0) is 32.0 Å². The maximum absolute atomic E-state index is 12.8. The molecule has 4 heterocycles. The molecule has 168 valence electrons. The van der Waals surface area contributed by atoms with Gasteiger partial charge >= 0.3 is 5.97 Å². The fraction of sp³-hybridized carbons (Fsp3) is 0.591. The van der Waals surface area contributed by atoms with E-state index >= 15 is 0 Å². The first kappa shape index (κ1) is 22.1. The van der Waals surface area contributed by atoms with Crippen LogP contribution in [0.15, 0.2) is 6.07 Å². The molecule has 1 atom stereocenters. The number of thiophene rings is 1. The summed E-state index contributed by atoms with van der Waals surface area (Å²) < 4.78 is 16.7. The summed E-state index contributed by atoms with van der Waals surface area (Å²) in [5.74, 6) is -0.612. The minimum Gasteiger partial charge on any atom is -0.462 e. The van der Waals surface area contributed by atoms with Gasteiger partial charge in [-0.3, -0.25) is 9.69 Å². The number of carbonyl (C=O) groups is 2. The number of anilines is 1. The highest BCUT2D eigenvalue weighted by atomic mass is 32.1. The van der Waals surface area contributed by atoms with Gasteiger partial charge in [-0.05, 0) is 26.3 Å². The number of hydrogen-bond acceptors (Lipinski definition) is 8. The summed E-state index contributed by atoms with van der Waals surface area (Å²) in [7, 11) is 0. The van der Waals surface area contributed by atoms with Crippen molar-refractivity contribution in [1.29, 1.82) is 0 Å². The lowest BCUT2D eigenvalue weighted by Gasteiger charge is -2.33. The van der Waals surface area contributed by atoms with Crippen molar-refractivity contribution in [3.05, 3.63) is 22.2 Å². The second-order valence-electron chi connectivity index (χ2n) is 8.18. The molecule has 8 nitrogen and oxygen atoms in total. The highest BCUT2D eigenvalue weighted by Gasteiger charge is 2.32. The predicted molar refractivity (Wildman–Crippen MR) is 119 cm³/mol. The zero-order valence-corrected chi connectivity index (χ0v) is 19.1. The van der Waals surface area contributed by atoms with Gasteiger partial charge in [-0.1, -0.05) is 6.92 Å². The number of nitrogens with one attached hydrogen (secondary N) is 1. The molecule has 0 aromatic carbocycles. The van der Waals surface area contributed by atoms with E-state index in [4.69, 9.17) is 19.2 Å². The predicted octanol–water partition coefficient (Wildman–Crippen LogP) is 2.99. The van der Waals surface area contributed by atoms with Crippen molar-refractivity contribution in [2.24, 2.45) is 0 Å². The third kappa shape index (κ3) is 4.74. The van der Waals surface area contributed by atoms with E-state index in [1.54, 1.807) is 6.92 Å². The van der Waals surface area contributed by atoms with Crippen LogP contribution in [0, 0.1) is 0 Å². The first-order valence-electron chi connectivity index (χ1n) is 10.8. The number of carbonyl (C=O) groups excluding carboxylic acids is 2. The first-order valence-corrected chi connectivity index (χ1v) is 11.6. The van der Waals surface area contributed by atoms with Crippen molar-refractivity contribution in [1.82, 2.24) is 9.88 Å². The number of rotatable bonds is 6. The molecule has 1 unspecified atom stereocenters. The third-order valence-corrected chi connectivity index (χ3v) is 6.99. The van der Waals surface area contributed by atoms with E-state index in [9.17, 15) is 9.59 Å². The summed E-state index contributed by atoms with van der Waals surface area (Å²) in [4.78, 5) is 33.4. The van der Waals surface area contributed by atoms with E-state index in [0.717, 1.165) is 34.3 Å². The zero-order chi connectivity index (χ0) is 22.0. The van der Waals surface area contributed by atoms with Gasteiger partial charge in [-0.15, -0.1) is 11.3 Å². The van der Waals surface area contributed by atoms with E-state index in [2.05, 4.69) is 19.2 Å². The number of aromatic nitrogens is 1. The van der Waals surface area contributed by atoms with Crippen LogP contribution in [0.4, 0.5) is 5.69 Å². The van der Waals surface area contributed by atoms with Crippen LogP contribution in [0.5, 0.6) is 0 Å². The van der Waals surface area contributed by atoms with Crippen molar-refractivity contribution < 1.29 is 23.8 Å². The van der Waals surface area contributed by atoms with Crippen LogP contribution >= 0.6 is 11.3 Å². The van der Waals surface area contributed by atoms with E-state index in [1.165, 1.54) is 11.3 Å². The highest BCUT2D eigenvalue weighted by Crippen LogP contribution is 2.39. The van der Waals surface area contributed by atoms with Gasteiger partial charge in [-0.2, -0.15) is 0 Å². The smallest absolute Gasteiger partial charge is 0.350 e. The van der Waals surface area contributed by atoms with Crippen molar-refractivity contribution in [3.8, 4) is 0 Å². The van der Waals surface area contributed by atoms with Crippen molar-refractivity contribution in [2.45, 2.75) is 45.8 Å². The van der Waals surface area contributed by atoms with Crippen molar-refractivity contribution >= 4 is 39.1 Å². The van der Waals surface area contributed by atoms with E-state index < -0.39 is 5.97 Å².